The number of hydrogen-bond acceptors (Lipinski definition) is 8. The molecule has 12 nitrogen and oxygen atoms in total. The number of carbonyl (C=O) groups is 3. The number of aromatic nitrogens is 1. The van der Waals surface area contributed by atoms with Gasteiger partial charge >= 0.3 is 12.0 Å². The molecule has 0 spiro atoms. The SMILES string of the molecule is Cc1nccc(Oc2ccc(C[C@H](NC(=O)[C@@H]3Cc4cc5c(cc4CN3C(=O)N[C@H](C)c3ccccc3)O[C@@H](c3ccc(OCc4ccc(Cl)c(Cl)c4)cc3)CO5)C(=O)O)cc2)c1C. The summed E-state index contributed by atoms with van der Waals surface area (Å²) in [6.07, 6.45) is 1.38. The fourth-order valence-corrected chi connectivity index (χ4v) is 8.00. The van der Waals surface area contributed by atoms with E-state index in [0.717, 1.165) is 39.1 Å². The van der Waals surface area contributed by atoms with Gasteiger partial charge in [-0.25, -0.2) is 9.59 Å². The number of benzene rings is 5. The highest BCUT2D eigenvalue weighted by molar-refractivity contribution is 6.42. The van der Waals surface area contributed by atoms with E-state index >= 15 is 0 Å². The van der Waals surface area contributed by atoms with E-state index in [9.17, 15) is 19.5 Å². The van der Waals surface area contributed by atoms with Crippen LogP contribution in [0.4, 0.5) is 4.79 Å². The van der Waals surface area contributed by atoms with Crippen LogP contribution in [0.5, 0.6) is 28.7 Å². The standard InChI is InChI=1S/C50H46Cl2N4O8/c1-29-30(2)53-20-19-44(29)63-39-14-9-32(10-15-39)22-42(49(58)59)55-48(57)43-23-36-24-45-46(25-37(36)26-56(43)50(60)54-31(3)34-7-5-4-6-8-34)64-47(28-62-45)35-12-16-38(17-13-35)61-27-33-11-18-40(51)41(52)21-33/h4-21,24-25,31,42-43,47H,22-23,26-28H2,1-3H3,(H,54,60)(H,55,57)(H,58,59)/t31-,42+,43+,47-/m1/s1. The van der Waals surface area contributed by atoms with Gasteiger partial charge in [0.15, 0.2) is 17.6 Å². The highest BCUT2D eigenvalue weighted by Crippen LogP contribution is 2.41. The van der Waals surface area contributed by atoms with Crippen molar-refractivity contribution in [1.82, 2.24) is 20.5 Å². The minimum absolute atomic E-state index is 0.00360. The first-order chi connectivity index (χ1) is 30.9. The van der Waals surface area contributed by atoms with E-state index in [1.54, 1.807) is 48.7 Å². The lowest BCUT2D eigenvalue weighted by atomic mass is 9.92. The van der Waals surface area contributed by atoms with Gasteiger partial charge in [0.25, 0.3) is 0 Å². The number of carboxylic acids is 1. The number of nitrogens with zero attached hydrogens (tertiary/aromatic N) is 2. The minimum Gasteiger partial charge on any atom is -0.489 e. The third-order valence-corrected chi connectivity index (χ3v) is 12.3. The quantitative estimate of drug-likeness (QED) is 0.103. The van der Waals surface area contributed by atoms with Crippen LogP contribution in [-0.2, 0) is 35.6 Å². The fraction of sp³-hybridized carbons (Fsp3) is 0.240. The van der Waals surface area contributed by atoms with Gasteiger partial charge in [-0.3, -0.25) is 9.78 Å². The molecule has 0 fully saturated rings. The molecule has 0 saturated heterocycles. The van der Waals surface area contributed by atoms with E-state index in [0.29, 0.717) is 51.0 Å². The monoisotopic (exact) mass is 900 g/mol. The van der Waals surface area contributed by atoms with Gasteiger partial charge in [-0.15, -0.1) is 0 Å². The summed E-state index contributed by atoms with van der Waals surface area (Å²) < 4.78 is 24.7. The van der Waals surface area contributed by atoms with Gasteiger partial charge in [0, 0.05) is 36.8 Å². The van der Waals surface area contributed by atoms with Crippen molar-refractivity contribution in [2.24, 2.45) is 0 Å². The van der Waals surface area contributed by atoms with Gasteiger partial charge in [0.2, 0.25) is 5.91 Å². The Morgan fingerprint density at radius 2 is 1.56 bits per heavy atom. The number of fused-ring (bicyclic) bond motifs is 2. The van der Waals surface area contributed by atoms with Gasteiger partial charge in [0.05, 0.1) is 16.1 Å². The molecule has 0 saturated carbocycles. The summed E-state index contributed by atoms with van der Waals surface area (Å²) in [5.74, 6) is 1.13. The number of hydrogen-bond donors (Lipinski definition) is 3. The van der Waals surface area contributed by atoms with E-state index in [2.05, 4.69) is 15.6 Å². The number of rotatable bonds is 13. The number of amides is 3. The van der Waals surface area contributed by atoms with E-state index in [1.165, 1.54) is 4.90 Å². The Labute approximate surface area is 381 Å². The second-order valence-corrected chi connectivity index (χ2v) is 16.7. The fourth-order valence-electron chi connectivity index (χ4n) is 7.68. The van der Waals surface area contributed by atoms with Crippen molar-refractivity contribution in [2.45, 2.75) is 71.0 Å². The Bertz CT molecular complexity index is 2660. The van der Waals surface area contributed by atoms with Crippen LogP contribution in [-0.4, -0.2) is 51.6 Å². The van der Waals surface area contributed by atoms with Gasteiger partial charge in [-0.2, -0.15) is 0 Å². The number of ether oxygens (including phenoxy) is 4. The molecule has 3 heterocycles. The summed E-state index contributed by atoms with van der Waals surface area (Å²) in [5.41, 5.74) is 6.66. The van der Waals surface area contributed by atoms with Gasteiger partial charge in [0.1, 0.15) is 42.5 Å². The van der Waals surface area contributed by atoms with Crippen molar-refractivity contribution in [2.75, 3.05) is 6.61 Å². The van der Waals surface area contributed by atoms with Crippen LogP contribution < -0.4 is 29.6 Å². The van der Waals surface area contributed by atoms with Gasteiger partial charge in [-0.1, -0.05) is 83.9 Å². The maximum atomic E-state index is 14.3. The maximum Gasteiger partial charge on any atom is 0.326 e. The summed E-state index contributed by atoms with van der Waals surface area (Å²) >= 11 is 12.2. The van der Waals surface area contributed by atoms with Crippen molar-refractivity contribution in [1.29, 1.82) is 0 Å². The van der Waals surface area contributed by atoms with Crippen LogP contribution in [0.2, 0.25) is 10.0 Å². The lowest BCUT2D eigenvalue weighted by Crippen LogP contribution is -2.57. The molecule has 0 radical (unpaired) electrons. The van der Waals surface area contributed by atoms with Crippen LogP contribution in [0.25, 0.3) is 0 Å². The average molecular weight is 902 g/mol. The summed E-state index contributed by atoms with van der Waals surface area (Å²) in [6.45, 7) is 6.32. The number of carboxylic acid groups (broad SMARTS) is 1. The Kier molecular flexibility index (Phi) is 13.2. The van der Waals surface area contributed by atoms with Gasteiger partial charge in [-0.05, 0) is 109 Å². The first-order valence-corrected chi connectivity index (χ1v) is 21.6. The highest BCUT2D eigenvalue weighted by atomic mass is 35.5. The summed E-state index contributed by atoms with van der Waals surface area (Å²) in [6, 6.07) is 31.8. The van der Waals surface area contributed by atoms with E-state index in [1.807, 2.05) is 93.6 Å². The predicted octanol–water partition coefficient (Wildman–Crippen LogP) is 9.90. The van der Waals surface area contributed by atoms with Crippen LogP contribution in [0.15, 0.2) is 121 Å². The molecule has 0 bridgehead atoms. The van der Waals surface area contributed by atoms with E-state index in [-0.39, 0.29) is 32.0 Å². The summed E-state index contributed by atoms with van der Waals surface area (Å²) in [7, 11) is 0. The lowest BCUT2D eigenvalue weighted by molar-refractivity contribution is -0.142. The topological polar surface area (TPSA) is 149 Å². The molecule has 0 unspecified atom stereocenters. The van der Waals surface area contributed by atoms with Crippen LogP contribution in [0.3, 0.4) is 0 Å². The Morgan fingerprint density at radius 1 is 0.844 bits per heavy atom. The van der Waals surface area contributed by atoms with Crippen molar-refractivity contribution in [3.63, 3.8) is 0 Å². The second kappa shape index (κ2) is 19.3. The number of nitrogens with one attached hydrogen (secondary N) is 2. The van der Waals surface area contributed by atoms with E-state index < -0.39 is 36.1 Å². The molecule has 4 atom stereocenters. The molecule has 2 aliphatic rings. The molecule has 64 heavy (non-hydrogen) atoms. The summed E-state index contributed by atoms with van der Waals surface area (Å²) in [5, 5.41) is 17.0. The minimum atomic E-state index is -1.28. The number of urea groups is 1. The molecule has 8 rings (SSSR count). The Balaban J connectivity index is 0.974. The second-order valence-electron chi connectivity index (χ2n) is 15.9. The molecule has 3 amide bonds. The number of halogens is 2. The zero-order valence-corrected chi connectivity index (χ0v) is 36.9. The van der Waals surface area contributed by atoms with Crippen LogP contribution in [0, 0.1) is 13.8 Å². The molecular formula is C50H46Cl2N4O8. The lowest BCUT2D eigenvalue weighted by Gasteiger charge is -2.38. The maximum absolute atomic E-state index is 14.3. The van der Waals surface area contributed by atoms with Crippen molar-refractivity contribution < 1.29 is 38.4 Å². The molecule has 0 aliphatic carbocycles. The van der Waals surface area contributed by atoms with Crippen molar-refractivity contribution in [3.05, 3.63) is 176 Å². The molecule has 2 aliphatic heterocycles. The molecule has 6 aromatic rings. The van der Waals surface area contributed by atoms with E-state index in [4.69, 9.17) is 42.1 Å². The number of carbonyl (C=O) groups excluding carboxylic acids is 2. The number of aliphatic carboxylic acids is 1. The molecule has 1 aromatic heterocycles. The molecular weight excluding hydrogens is 855 g/mol. The summed E-state index contributed by atoms with van der Waals surface area (Å²) in [4.78, 5) is 46.8. The predicted molar refractivity (Wildman–Crippen MR) is 242 cm³/mol. The molecule has 14 heteroatoms. The third-order valence-electron chi connectivity index (χ3n) is 11.5. The zero-order valence-electron chi connectivity index (χ0n) is 35.3. The average Bonchev–Trinajstić information content (AvgIpc) is 3.30. The third kappa shape index (κ3) is 10.2. The largest absolute Gasteiger partial charge is 0.489 e. The zero-order chi connectivity index (χ0) is 44.9. The van der Waals surface area contributed by atoms with Gasteiger partial charge < -0.3 is 39.6 Å². The Morgan fingerprint density at radius 3 is 2.30 bits per heavy atom. The van der Waals surface area contributed by atoms with Crippen LogP contribution in [0.1, 0.15) is 63.7 Å². The number of aryl methyl sites for hydroxylation is 1. The van der Waals surface area contributed by atoms with Crippen molar-refractivity contribution in [3.8, 4) is 28.7 Å². The molecule has 3 N–H and O–H groups in total. The normalized spacial score (nSPS) is 16.2. The Hall–Kier alpha value is -6.76. The smallest absolute Gasteiger partial charge is 0.326 e. The van der Waals surface area contributed by atoms with Crippen LogP contribution >= 0.6 is 23.2 Å². The highest BCUT2D eigenvalue weighted by Gasteiger charge is 2.38. The van der Waals surface area contributed by atoms with Crippen molar-refractivity contribution >= 4 is 41.1 Å². The molecule has 328 valence electrons. The first kappa shape index (κ1) is 43.9. The number of pyridine rings is 1. The first-order valence-electron chi connectivity index (χ1n) is 20.8. The molecule has 5 aromatic carbocycles.